The lowest BCUT2D eigenvalue weighted by Gasteiger charge is -2.25. The van der Waals surface area contributed by atoms with Crippen LogP contribution in [0, 0.1) is 12.7 Å². The Kier molecular flexibility index (Phi) is 6.66. The first-order chi connectivity index (χ1) is 18.6. The topological polar surface area (TPSA) is 127 Å². The van der Waals surface area contributed by atoms with E-state index >= 15 is 4.39 Å². The van der Waals surface area contributed by atoms with Gasteiger partial charge in [0.05, 0.1) is 15.4 Å². The zero-order valence-electron chi connectivity index (χ0n) is 20.3. The average molecular weight is 566 g/mol. The lowest BCUT2D eigenvalue weighted by Crippen LogP contribution is -2.37. The first kappa shape index (κ1) is 26.1. The van der Waals surface area contributed by atoms with Crippen LogP contribution in [-0.2, 0) is 20.0 Å². The molecule has 198 valence electrons. The number of carbonyl (C=O) groups is 1. The molecule has 0 unspecified atom stereocenters. The van der Waals surface area contributed by atoms with E-state index in [2.05, 4.69) is 10.3 Å². The minimum absolute atomic E-state index is 0.0391. The largest absolute Gasteiger partial charge is 0.441 e. The van der Waals surface area contributed by atoms with Gasteiger partial charge in [-0.05, 0) is 54.6 Å². The van der Waals surface area contributed by atoms with Gasteiger partial charge in [0.15, 0.2) is 11.5 Å². The van der Waals surface area contributed by atoms with Crippen molar-refractivity contribution in [3.05, 3.63) is 114 Å². The summed E-state index contributed by atoms with van der Waals surface area (Å²) in [5, 5.41) is 2.56. The Morgan fingerprint density at radius 1 is 0.821 bits per heavy atom. The number of rotatable bonds is 7. The molecule has 4 aromatic carbocycles. The zero-order chi connectivity index (χ0) is 27.8. The number of aromatic nitrogens is 1. The number of carbonyl (C=O) groups excluding carboxylic acids is 1. The van der Waals surface area contributed by atoms with Crippen LogP contribution in [-0.4, -0.2) is 27.7 Å². The van der Waals surface area contributed by atoms with E-state index in [1.807, 2.05) is 0 Å². The summed E-state index contributed by atoms with van der Waals surface area (Å²) < 4.78 is 75.5. The minimum atomic E-state index is -4.84. The fourth-order valence-electron chi connectivity index (χ4n) is 3.94. The van der Waals surface area contributed by atoms with Crippen LogP contribution < -0.4 is 9.03 Å². The number of hydrogen-bond donors (Lipinski definition) is 1. The van der Waals surface area contributed by atoms with Crippen molar-refractivity contribution in [3.8, 4) is 0 Å². The van der Waals surface area contributed by atoms with Crippen molar-refractivity contribution < 1.29 is 30.4 Å². The van der Waals surface area contributed by atoms with E-state index in [4.69, 9.17) is 4.42 Å². The molecule has 1 N–H and O–H groups in total. The van der Waals surface area contributed by atoms with Crippen LogP contribution in [0.3, 0.4) is 0 Å². The quantitative estimate of drug-likeness (QED) is 0.291. The van der Waals surface area contributed by atoms with E-state index in [0.717, 1.165) is 12.1 Å². The summed E-state index contributed by atoms with van der Waals surface area (Å²) in [6.45, 7) is 1.63. The van der Waals surface area contributed by atoms with E-state index in [1.165, 1.54) is 60.7 Å². The highest BCUT2D eigenvalue weighted by Gasteiger charge is 2.38. The molecule has 5 aromatic rings. The summed E-state index contributed by atoms with van der Waals surface area (Å²) in [6.07, 6.45) is 0. The van der Waals surface area contributed by atoms with Crippen LogP contribution in [0.5, 0.6) is 0 Å². The molecule has 0 bridgehead atoms. The molecule has 0 aliphatic carbocycles. The van der Waals surface area contributed by atoms with Gasteiger partial charge in [0.25, 0.3) is 26.0 Å². The monoisotopic (exact) mass is 565 g/mol. The van der Waals surface area contributed by atoms with Crippen LogP contribution in [0.15, 0.2) is 111 Å². The van der Waals surface area contributed by atoms with E-state index in [0.29, 0.717) is 17.0 Å². The number of sulfonamides is 2. The molecule has 0 saturated heterocycles. The van der Waals surface area contributed by atoms with Crippen LogP contribution in [0.25, 0.3) is 11.1 Å². The number of para-hydroxylation sites is 1. The molecule has 0 aliphatic rings. The lowest BCUT2D eigenvalue weighted by atomic mass is 10.1. The van der Waals surface area contributed by atoms with Gasteiger partial charge in [-0.2, -0.15) is 3.71 Å². The number of amides is 1. The second kappa shape index (κ2) is 9.97. The van der Waals surface area contributed by atoms with Crippen molar-refractivity contribution in [3.63, 3.8) is 0 Å². The fourth-order valence-corrected chi connectivity index (χ4v) is 7.67. The highest BCUT2D eigenvalue weighted by atomic mass is 32.3. The summed E-state index contributed by atoms with van der Waals surface area (Å²) >= 11 is 0. The second-order valence-corrected chi connectivity index (χ2v) is 12.1. The molecule has 0 aliphatic heterocycles. The fraction of sp³-hybridized carbons (Fsp3) is 0.0370. The Balaban J connectivity index is 1.63. The third-order valence-electron chi connectivity index (χ3n) is 5.69. The molecule has 5 rings (SSSR count). The van der Waals surface area contributed by atoms with Crippen LogP contribution in [0.2, 0.25) is 0 Å². The number of halogens is 1. The molecule has 1 aromatic heterocycles. The van der Waals surface area contributed by atoms with E-state index in [1.54, 1.807) is 31.2 Å². The Morgan fingerprint density at radius 2 is 1.41 bits per heavy atom. The third-order valence-corrected chi connectivity index (χ3v) is 9.87. The SMILES string of the molecule is Cc1nc2c(C(=O)Nc3ccc(F)c(N(S(=O)(=O)c4ccccc4)S(=O)(=O)c4ccccc4)c3)cccc2o1. The molecular weight excluding hydrogens is 545 g/mol. The lowest BCUT2D eigenvalue weighted by molar-refractivity contribution is 0.102. The van der Waals surface area contributed by atoms with Crippen molar-refractivity contribution in [1.29, 1.82) is 0 Å². The molecular formula is C27H20FN3O6S2. The number of fused-ring (bicyclic) bond motifs is 1. The van der Waals surface area contributed by atoms with E-state index in [-0.39, 0.29) is 24.8 Å². The van der Waals surface area contributed by atoms with Gasteiger partial charge in [-0.3, -0.25) is 4.79 Å². The van der Waals surface area contributed by atoms with Gasteiger partial charge in [0.2, 0.25) is 0 Å². The Hall–Kier alpha value is -4.55. The molecule has 0 radical (unpaired) electrons. The third kappa shape index (κ3) is 4.87. The predicted molar refractivity (Wildman–Crippen MR) is 143 cm³/mol. The number of oxazole rings is 1. The normalized spacial score (nSPS) is 11.8. The average Bonchev–Trinajstić information content (AvgIpc) is 3.31. The summed E-state index contributed by atoms with van der Waals surface area (Å²) in [7, 11) is -9.67. The van der Waals surface area contributed by atoms with Crippen molar-refractivity contribution in [2.24, 2.45) is 0 Å². The first-order valence-corrected chi connectivity index (χ1v) is 14.3. The molecule has 12 heteroatoms. The smallest absolute Gasteiger partial charge is 0.277 e. The summed E-state index contributed by atoms with van der Waals surface area (Å²) in [4.78, 5) is 16.6. The maximum Gasteiger partial charge on any atom is 0.277 e. The van der Waals surface area contributed by atoms with Gasteiger partial charge in [0, 0.05) is 12.6 Å². The molecule has 1 amide bonds. The van der Waals surface area contributed by atoms with Gasteiger partial charge < -0.3 is 9.73 Å². The van der Waals surface area contributed by atoms with Crippen LogP contribution >= 0.6 is 0 Å². The molecule has 39 heavy (non-hydrogen) atoms. The number of nitrogens with one attached hydrogen (secondary N) is 1. The molecule has 9 nitrogen and oxygen atoms in total. The first-order valence-electron chi connectivity index (χ1n) is 11.5. The molecule has 0 saturated carbocycles. The van der Waals surface area contributed by atoms with Gasteiger partial charge in [-0.25, -0.2) is 26.2 Å². The second-order valence-electron chi connectivity index (χ2n) is 8.34. The zero-order valence-corrected chi connectivity index (χ0v) is 21.9. The number of benzene rings is 4. The van der Waals surface area contributed by atoms with Crippen molar-refractivity contribution in [1.82, 2.24) is 4.98 Å². The van der Waals surface area contributed by atoms with E-state index in [9.17, 15) is 21.6 Å². The Morgan fingerprint density at radius 3 is 2.00 bits per heavy atom. The van der Waals surface area contributed by atoms with Crippen molar-refractivity contribution >= 4 is 48.4 Å². The van der Waals surface area contributed by atoms with Crippen LogP contribution in [0.1, 0.15) is 16.2 Å². The maximum absolute atomic E-state index is 15.3. The Labute approximate surface area is 223 Å². The number of hydrogen-bond acceptors (Lipinski definition) is 7. The van der Waals surface area contributed by atoms with Gasteiger partial charge in [-0.1, -0.05) is 42.5 Å². The number of anilines is 2. The van der Waals surface area contributed by atoms with Crippen molar-refractivity contribution in [2.45, 2.75) is 16.7 Å². The summed E-state index contributed by atoms with van der Waals surface area (Å²) in [5.41, 5.74) is -0.00849. The van der Waals surface area contributed by atoms with Gasteiger partial charge >= 0.3 is 0 Å². The van der Waals surface area contributed by atoms with Gasteiger partial charge in [0.1, 0.15) is 17.0 Å². The summed E-state index contributed by atoms with van der Waals surface area (Å²) in [5.74, 6) is -1.43. The standard InChI is InChI=1S/C27H20FN3O6S2/c1-18-29-26-22(13-8-14-25(26)37-18)27(32)30-19-15-16-23(28)24(17-19)31(38(33,34)20-9-4-2-5-10-20)39(35,36)21-11-6-3-7-12-21/h2-17H,1H3,(H,30,32). The number of aryl methyl sites for hydroxylation is 1. The number of nitrogens with zero attached hydrogens (tertiary/aromatic N) is 2. The predicted octanol–water partition coefficient (Wildman–Crippen LogP) is 5.11. The van der Waals surface area contributed by atoms with Gasteiger partial charge in [-0.15, -0.1) is 0 Å². The van der Waals surface area contributed by atoms with Crippen molar-refractivity contribution in [2.75, 3.05) is 9.03 Å². The minimum Gasteiger partial charge on any atom is -0.441 e. The molecule has 0 atom stereocenters. The maximum atomic E-state index is 15.3. The van der Waals surface area contributed by atoms with Crippen LogP contribution in [0.4, 0.5) is 15.8 Å². The summed E-state index contributed by atoms with van der Waals surface area (Å²) in [6, 6.07) is 21.3. The van der Waals surface area contributed by atoms with E-state index < -0.39 is 37.5 Å². The molecule has 1 heterocycles. The molecule has 0 spiro atoms. The highest BCUT2D eigenvalue weighted by molar-refractivity contribution is 8.10. The highest BCUT2D eigenvalue weighted by Crippen LogP contribution is 2.34. The Bertz CT molecular complexity index is 1840. The molecule has 0 fully saturated rings.